The summed E-state index contributed by atoms with van der Waals surface area (Å²) in [5.41, 5.74) is -1.90. The van der Waals surface area contributed by atoms with Gasteiger partial charge in [-0.25, -0.2) is 19.3 Å². The number of carbonyl (C=O) groups is 4. The molecule has 0 spiro atoms. The van der Waals surface area contributed by atoms with Crippen molar-refractivity contribution >= 4 is 46.4 Å². The van der Waals surface area contributed by atoms with Gasteiger partial charge in [0.05, 0.1) is 19.2 Å². The van der Waals surface area contributed by atoms with Gasteiger partial charge in [0.25, 0.3) is 0 Å². The van der Waals surface area contributed by atoms with Gasteiger partial charge in [0.1, 0.15) is 46.4 Å². The number of amides is 3. The molecule has 4 aliphatic rings. The number of benzene rings is 1. The number of hydrogen-bond donors (Lipinski definition) is 3. The molecule has 3 amide bonds. The number of ether oxygens (including phenoxy) is 3. The molecule has 3 heterocycles. The molecule has 1 unspecified atom stereocenters. The Bertz CT molecular complexity index is 1920. The molecule has 3 saturated carbocycles. The molecule has 3 N–H and O–H groups in total. The molecule has 0 bridgehead atoms. The zero-order valence-electron chi connectivity index (χ0n) is 29.5. The lowest BCUT2D eigenvalue weighted by Crippen LogP contribution is -2.59. The number of halogens is 1. The summed E-state index contributed by atoms with van der Waals surface area (Å²) in [4.78, 5) is 60.2. The van der Waals surface area contributed by atoms with E-state index in [2.05, 4.69) is 22.3 Å². The summed E-state index contributed by atoms with van der Waals surface area (Å²) >= 11 is 6.71. The number of rotatable bonds is 11. The van der Waals surface area contributed by atoms with Crippen LogP contribution in [0.25, 0.3) is 16.7 Å². The number of carboxylic acids is 1. The van der Waals surface area contributed by atoms with Crippen LogP contribution in [0.1, 0.15) is 52.9 Å². The van der Waals surface area contributed by atoms with Crippen LogP contribution in [0.2, 0.25) is 5.02 Å². The van der Waals surface area contributed by atoms with Crippen molar-refractivity contribution in [3.8, 4) is 17.3 Å². The molecule has 0 radical (unpaired) electrons. The monoisotopic (exact) mass is 734 g/mol. The second-order valence-electron chi connectivity index (χ2n) is 15.4. The Labute approximate surface area is 305 Å². The second-order valence-corrected chi connectivity index (χ2v) is 15.8. The number of pyridine rings is 1. The summed E-state index contributed by atoms with van der Waals surface area (Å²) < 4.78 is 19.3. The Hall–Kier alpha value is -4.85. The zero-order valence-corrected chi connectivity index (χ0v) is 30.3. The minimum absolute atomic E-state index is 0.0307. The van der Waals surface area contributed by atoms with Crippen molar-refractivity contribution in [3.05, 3.63) is 54.3 Å². The maximum Gasteiger partial charge on any atom is 0.408 e. The SMILES string of the molecule is C=C[C@@H]1C[C@]1(NC(=O)[C@@H]1C[C@@H](Oc2cc(-n3cccn3)nc3c(Cl)c(OC)ccc23)CN1C(=O)[C@@H](NC(=O)OC1C[C@@H]2C[C@@H]2C1)C(C)(C)C)C(=O)O. The van der Waals surface area contributed by atoms with Crippen molar-refractivity contribution in [2.75, 3.05) is 13.7 Å². The fourth-order valence-corrected chi connectivity index (χ4v) is 8.00. The van der Waals surface area contributed by atoms with Crippen LogP contribution in [0.5, 0.6) is 11.5 Å². The van der Waals surface area contributed by atoms with E-state index in [1.165, 1.54) is 24.5 Å². The van der Waals surface area contributed by atoms with Gasteiger partial charge < -0.3 is 34.9 Å². The summed E-state index contributed by atoms with van der Waals surface area (Å²) in [5.74, 6) is -0.406. The molecule has 3 aliphatic carbocycles. The fraction of sp³-hybridized carbons (Fsp3) is 0.514. The molecule has 2 aromatic heterocycles. The van der Waals surface area contributed by atoms with Crippen LogP contribution in [-0.2, 0) is 19.1 Å². The third-order valence-corrected chi connectivity index (χ3v) is 11.2. The first-order chi connectivity index (χ1) is 24.7. The molecule has 15 heteroatoms. The maximum absolute atomic E-state index is 14.5. The number of methoxy groups -OCH3 is 1. The van der Waals surface area contributed by atoms with Crippen molar-refractivity contribution in [1.82, 2.24) is 30.3 Å². The number of aromatic nitrogens is 3. The van der Waals surface area contributed by atoms with Crippen LogP contribution in [-0.4, -0.2) is 92.1 Å². The maximum atomic E-state index is 14.5. The highest BCUT2D eigenvalue weighted by molar-refractivity contribution is 6.36. The normalized spacial score (nSPS) is 28.1. The predicted octanol–water partition coefficient (Wildman–Crippen LogP) is 4.52. The van der Waals surface area contributed by atoms with Crippen LogP contribution in [0.3, 0.4) is 0 Å². The van der Waals surface area contributed by atoms with E-state index < -0.39 is 58.9 Å². The number of likely N-dealkylation sites (tertiary alicyclic amines) is 1. The Morgan fingerprint density at radius 2 is 1.87 bits per heavy atom. The highest BCUT2D eigenvalue weighted by Gasteiger charge is 2.61. The van der Waals surface area contributed by atoms with E-state index in [1.807, 2.05) is 20.8 Å². The Morgan fingerprint density at radius 1 is 1.12 bits per heavy atom. The lowest BCUT2D eigenvalue weighted by molar-refractivity contribution is -0.146. The van der Waals surface area contributed by atoms with E-state index in [0.29, 0.717) is 40.1 Å². The van der Waals surface area contributed by atoms with Crippen molar-refractivity contribution in [2.24, 2.45) is 23.2 Å². The topological polar surface area (TPSA) is 174 Å². The average molecular weight is 735 g/mol. The van der Waals surface area contributed by atoms with Crippen LogP contribution < -0.4 is 20.1 Å². The van der Waals surface area contributed by atoms with E-state index >= 15 is 0 Å². The highest BCUT2D eigenvalue weighted by Crippen LogP contribution is 2.52. The number of alkyl carbamates (subject to hydrolysis) is 1. The third kappa shape index (κ3) is 6.64. The van der Waals surface area contributed by atoms with Crippen molar-refractivity contribution in [3.63, 3.8) is 0 Å². The van der Waals surface area contributed by atoms with Gasteiger partial charge in [-0.2, -0.15) is 5.10 Å². The summed E-state index contributed by atoms with van der Waals surface area (Å²) in [6.45, 7) is 9.12. The van der Waals surface area contributed by atoms with Gasteiger partial charge in [-0.15, -0.1) is 6.58 Å². The van der Waals surface area contributed by atoms with Gasteiger partial charge in [-0.1, -0.05) is 38.4 Å². The summed E-state index contributed by atoms with van der Waals surface area (Å²) in [7, 11) is 1.50. The van der Waals surface area contributed by atoms with Gasteiger partial charge in [-0.3, -0.25) is 9.59 Å². The molecule has 14 nitrogen and oxygen atoms in total. The highest BCUT2D eigenvalue weighted by atomic mass is 35.5. The van der Waals surface area contributed by atoms with E-state index in [1.54, 1.807) is 41.3 Å². The predicted molar refractivity (Wildman–Crippen MR) is 189 cm³/mol. The summed E-state index contributed by atoms with van der Waals surface area (Å²) in [6, 6.07) is 4.70. The average Bonchev–Trinajstić information content (AvgIpc) is 3.71. The van der Waals surface area contributed by atoms with Gasteiger partial charge >= 0.3 is 12.1 Å². The molecule has 8 atom stereocenters. The molecule has 52 heavy (non-hydrogen) atoms. The fourth-order valence-electron chi connectivity index (χ4n) is 7.72. The van der Waals surface area contributed by atoms with Crippen LogP contribution >= 0.6 is 11.6 Å². The number of carboxylic acid groups (broad SMARTS) is 1. The summed E-state index contributed by atoms with van der Waals surface area (Å²) in [5, 5.41) is 20.7. The van der Waals surface area contributed by atoms with Gasteiger partial charge in [0, 0.05) is 36.2 Å². The molecule has 276 valence electrons. The van der Waals surface area contributed by atoms with E-state index in [4.69, 9.17) is 30.8 Å². The number of aliphatic carboxylic acids is 1. The molecular formula is C37H43ClN6O8. The van der Waals surface area contributed by atoms with Crippen LogP contribution in [0.4, 0.5) is 4.79 Å². The minimum Gasteiger partial charge on any atom is -0.495 e. The Kier molecular flexibility index (Phi) is 9.08. The van der Waals surface area contributed by atoms with Crippen molar-refractivity contribution < 1.29 is 38.5 Å². The Balaban J connectivity index is 1.19. The van der Waals surface area contributed by atoms with Crippen LogP contribution in [0, 0.1) is 23.2 Å². The van der Waals surface area contributed by atoms with Gasteiger partial charge in [-0.05, 0) is 61.1 Å². The first-order valence-electron chi connectivity index (χ1n) is 17.5. The molecule has 4 fully saturated rings. The lowest BCUT2D eigenvalue weighted by atomic mass is 9.85. The number of hydrogen-bond acceptors (Lipinski definition) is 9. The van der Waals surface area contributed by atoms with Gasteiger partial charge in [0.15, 0.2) is 5.82 Å². The molecular weight excluding hydrogens is 692 g/mol. The largest absolute Gasteiger partial charge is 0.495 e. The van der Waals surface area contributed by atoms with Crippen molar-refractivity contribution in [2.45, 2.75) is 82.7 Å². The molecule has 7 rings (SSSR count). The lowest BCUT2D eigenvalue weighted by Gasteiger charge is -2.35. The standard InChI is InChI=1S/C37H43ClN6O8/c1-6-21-17-37(21,34(47)48)42-32(45)25-15-23(18-43(25)33(46)31(36(2,3)4)41-35(49)52-22-13-19-12-20(19)14-22)51-27-16-28(44-11-7-10-39-44)40-30-24(27)8-9-26(50-5)29(30)38/h6-11,16,19-23,25,31H,1,12-15,17-18H2,2-5H3,(H,41,49)(H,42,45)(H,47,48)/t19-,20+,21-,22?,23-,25+,31-,37-/m1/s1. The number of nitrogens with zero attached hydrogens (tertiary/aromatic N) is 4. The first kappa shape index (κ1) is 35.5. The molecule has 3 aromatic rings. The van der Waals surface area contributed by atoms with Crippen LogP contribution in [0.15, 0.2) is 49.3 Å². The number of carbonyl (C=O) groups excluding carboxylic acids is 3. The summed E-state index contributed by atoms with van der Waals surface area (Å²) in [6.07, 6.45) is 6.24. The van der Waals surface area contributed by atoms with Crippen molar-refractivity contribution in [1.29, 1.82) is 0 Å². The van der Waals surface area contributed by atoms with E-state index in [9.17, 15) is 24.3 Å². The zero-order chi connectivity index (χ0) is 37.1. The quantitative estimate of drug-likeness (QED) is 0.238. The molecule has 1 aromatic carbocycles. The Morgan fingerprint density at radius 3 is 2.48 bits per heavy atom. The second kappa shape index (κ2) is 13.3. The molecule has 1 aliphatic heterocycles. The first-order valence-corrected chi connectivity index (χ1v) is 17.9. The number of nitrogens with one attached hydrogen (secondary N) is 2. The van der Waals surface area contributed by atoms with Gasteiger partial charge in [0.2, 0.25) is 11.8 Å². The minimum atomic E-state index is -1.52. The van der Waals surface area contributed by atoms with E-state index in [-0.39, 0.29) is 30.5 Å². The molecule has 1 saturated heterocycles. The smallest absolute Gasteiger partial charge is 0.408 e. The van der Waals surface area contributed by atoms with E-state index in [0.717, 1.165) is 12.8 Å². The number of fused-ring (bicyclic) bond motifs is 2. The third-order valence-electron chi connectivity index (χ3n) is 10.8.